The van der Waals surface area contributed by atoms with Gasteiger partial charge in [0.15, 0.2) is 18.1 Å². The van der Waals surface area contributed by atoms with Crippen molar-refractivity contribution in [3.63, 3.8) is 0 Å². The number of piperidine rings is 1. The van der Waals surface area contributed by atoms with Crippen molar-refractivity contribution in [3.8, 4) is 0 Å². The first-order chi connectivity index (χ1) is 10.2. The second-order valence-electron chi connectivity index (χ2n) is 5.13. The fraction of sp³-hybridized carbons (Fsp3) is 0.615. The highest BCUT2D eigenvalue weighted by Gasteiger charge is 2.53. The van der Waals surface area contributed by atoms with Crippen molar-refractivity contribution in [1.29, 1.82) is 0 Å². The molecule has 2 heterocycles. The molecule has 0 spiro atoms. The van der Waals surface area contributed by atoms with Crippen molar-refractivity contribution in [3.05, 3.63) is 17.5 Å². The predicted octanol–water partition coefficient (Wildman–Crippen LogP) is 0.295. The number of esters is 1. The zero-order chi connectivity index (χ0) is 14.8. The molecule has 1 aromatic rings. The molecule has 8 nitrogen and oxygen atoms in total. The van der Waals surface area contributed by atoms with Gasteiger partial charge in [-0.15, -0.1) is 0 Å². The summed E-state index contributed by atoms with van der Waals surface area (Å²) in [5.41, 5.74) is 0.0682. The van der Waals surface area contributed by atoms with E-state index in [4.69, 9.17) is 14.0 Å². The van der Waals surface area contributed by atoms with E-state index in [2.05, 4.69) is 15.8 Å². The maximum Gasteiger partial charge on any atom is 0.407 e. The molecule has 1 aliphatic carbocycles. The van der Waals surface area contributed by atoms with Crippen LogP contribution in [0.5, 0.6) is 0 Å². The number of carbonyl (C=O) groups excluding carboxylic acids is 2. The molecule has 3 rings (SSSR count). The van der Waals surface area contributed by atoms with E-state index in [1.165, 1.54) is 6.07 Å². The fourth-order valence-corrected chi connectivity index (χ4v) is 2.63. The highest BCUT2D eigenvalue weighted by molar-refractivity contribution is 5.87. The number of aromatic nitrogens is 1. The van der Waals surface area contributed by atoms with E-state index in [0.717, 1.165) is 13.1 Å². The van der Waals surface area contributed by atoms with Gasteiger partial charge in [-0.05, 0) is 18.8 Å². The molecule has 21 heavy (non-hydrogen) atoms. The summed E-state index contributed by atoms with van der Waals surface area (Å²) in [5.74, 6) is 0.789. The van der Waals surface area contributed by atoms with E-state index < -0.39 is 12.1 Å². The van der Waals surface area contributed by atoms with Crippen molar-refractivity contribution in [2.45, 2.75) is 19.6 Å². The number of hydrogen-bond acceptors (Lipinski definition) is 7. The Morgan fingerprint density at radius 2 is 2.19 bits per heavy atom. The number of ether oxygens (including phenoxy) is 2. The Bertz CT molecular complexity index is 534. The lowest BCUT2D eigenvalue weighted by atomic mass is 10.4. The average Bonchev–Trinajstić information content (AvgIpc) is 2.93. The Morgan fingerprint density at radius 3 is 2.90 bits per heavy atom. The van der Waals surface area contributed by atoms with E-state index in [1.54, 1.807) is 6.92 Å². The van der Waals surface area contributed by atoms with Crippen molar-refractivity contribution < 1.29 is 23.6 Å². The summed E-state index contributed by atoms with van der Waals surface area (Å²) >= 11 is 0. The van der Waals surface area contributed by atoms with Crippen LogP contribution in [0.4, 0.5) is 4.79 Å². The minimum Gasteiger partial charge on any atom is -0.461 e. The minimum atomic E-state index is -0.560. The van der Waals surface area contributed by atoms with Crippen LogP contribution < -0.4 is 10.6 Å². The lowest BCUT2D eigenvalue weighted by Gasteiger charge is -2.07. The predicted molar refractivity (Wildman–Crippen MR) is 69.4 cm³/mol. The number of nitrogens with one attached hydrogen (secondary N) is 2. The third-order valence-electron chi connectivity index (χ3n) is 3.77. The maximum absolute atomic E-state index is 11.6. The summed E-state index contributed by atoms with van der Waals surface area (Å²) < 4.78 is 14.7. The number of nitrogens with zero attached hydrogens (tertiary/aromatic N) is 1. The lowest BCUT2D eigenvalue weighted by Crippen LogP contribution is -2.32. The van der Waals surface area contributed by atoms with Gasteiger partial charge in [0.25, 0.3) is 0 Å². The maximum atomic E-state index is 11.6. The van der Waals surface area contributed by atoms with Gasteiger partial charge in [0.1, 0.15) is 0 Å². The third-order valence-corrected chi connectivity index (χ3v) is 3.77. The first-order valence-corrected chi connectivity index (χ1v) is 6.95. The fourth-order valence-electron chi connectivity index (χ4n) is 2.63. The molecule has 8 heteroatoms. The van der Waals surface area contributed by atoms with Gasteiger partial charge >= 0.3 is 12.1 Å². The number of hydrogen-bond donors (Lipinski definition) is 2. The number of fused-ring (bicyclic) bond motifs is 1. The van der Waals surface area contributed by atoms with Crippen LogP contribution in [0.25, 0.3) is 0 Å². The summed E-state index contributed by atoms with van der Waals surface area (Å²) in [5, 5.41) is 9.63. The molecule has 2 N–H and O–H groups in total. The molecule has 2 unspecified atom stereocenters. The van der Waals surface area contributed by atoms with Gasteiger partial charge in [-0.25, -0.2) is 9.59 Å². The van der Waals surface area contributed by atoms with Crippen molar-refractivity contribution in [2.75, 3.05) is 19.7 Å². The second kappa shape index (κ2) is 5.72. The Labute approximate surface area is 121 Å². The second-order valence-corrected chi connectivity index (χ2v) is 5.13. The molecule has 1 aromatic heterocycles. The van der Waals surface area contributed by atoms with Crippen LogP contribution in [0.15, 0.2) is 10.6 Å². The highest BCUT2D eigenvalue weighted by atomic mass is 16.6. The van der Waals surface area contributed by atoms with Gasteiger partial charge in [0.05, 0.1) is 6.61 Å². The van der Waals surface area contributed by atoms with Gasteiger partial charge in [-0.1, -0.05) is 5.16 Å². The molecule has 0 bridgehead atoms. The van der Waals surface area contributed by atoms with E-state index in [1.807, 2.05) is 0 Å². The van der Waals surface area contributed by atoms with Crippen molar-refractivity contribution >= 4 is 12.1 Å². The molecule has 2 aliphatic rings. The van der Waals surface area contributed by atoms with E-state index in [9.17, 15) is 9.59 Å². The van der Waals surface area contributed by atoms with Gasteiger partial charge in [-0.2, -0.15) is 0 Å². The number of rotatable bonds is 5. The summed E-state index contributed by atoms with van der Waals surface area (Å²) in [7, 11) is 0. The van der Waals surface area contributed by atoms with E-state index >= 15 is 0 Å². The van der Waals surface area contributed by atoms with Crippen LogP contribution in [0.2, 0.25) is 0 Å². The molecular weight excluding hydrogens is 278 g/mol. The summed E-state index contributed by atoms with van der Waals surface area (Å²) in [6.07, 6.45) is -0.483. The molecule has 1 saturated carbocycles. The van der Waals surface area contributed by atoms with Crippen LogP contribution >= 0.6 is 0 Å². The third kappa shape index (κ3) is 2.99. The van der Waals surface area contributed by atoms with Gasteiger partial charge < -0.3 is 24.6 Å². The lowest BCUT2D eigenvalue weighted by molar-refractivity contribution is 0.0514. The Hall–Kier alpha value is -2.09. The van der Waals surface area contributed by atoms with Crippen LogP contribution in [0, 0.1) is 11.8 Å². The van der Waals surface area contributed by atoms with Crippen LogP contribution in [-0.2, 0) is 16.1 Å². The zero-order valence-corrected chi connectivity index (χ0v) is 11.6. The monoisotopic (exact) mass is 295 g/mol. The number of amides is 1. The van der Waals surface area contributed by atoms with Gasteiger partial charge in [0, 0.05) is 25.2 Å². The molecule has 2 fully saturated rings. The minimum absolute atomic E-state index is 0.0682. The Morgan fingerprint density at radius 1 is 1.43 bits per heavy atom. The first kappa shape index (κ1) is 13.9. The Kier molecular flexibility index (Phi) is 3.78. The smallest absolute Gasteiger partial charge is 0.407 e. The summed E-state index contributed by atoms with van der Waals surface area (Å²) in [6, 6.07) is 1.62. The van der Waals surface area contributed by atoms with Crippen molar-refractivity contribution in [2.24, 2.45) is 11.8 Å². The van der Waals surface area contributed by atoms with Crippen molar-refractivity contribution in [1.82, 2.24) is 15.8 Å². The SMILES string of the molecule is CCOC(=O)c1cc(COC(=O)NC2C3CNCC32)on1. The molecule has 0 aromatic carbocycles. The number of carbonyl (C=O) groups is 2. The number of alkyl carbamates (subject to hydrolysis) is 1. The first-order valence-electron chi connectivity index (χ1n) is 6.95. The van der Waals surface area contributed by atoms with E-state index in [0.29, 0.717) is 17.6 Å². The quantitative estimate of drug-likeness (QED) is 0.753. The van der Waals surface area contributed by atoms with Gasteiger partial charge in [-0.3, -0.25) is 0 Å². The summed E-state index contributed by atoms with van der Waals surface area (Å²) in [4.78, 5) is 23.0. The van der Waals surface area contributed by atoms with Gasteiger partial charge in [0.2, 0.25) is 0 Å². The summed E-state index contributed by atoms with van der Waals surface area (Å²) in [6.45, 7) is 3.79. The molecule has 114 valence electrons. The molecule has 1 amide bonds. The largest absolute Gasteiger partial charge is 0.461 e. The van der Waals surface area contributed by atoms with Crippen LogP contribution in [0.3, 0.4) is 0 Å². The molecular formula is C13H17N3O5. The molecule has 2 atom stereocenters. The Balaban J connectivity index is 1.42. The van der Waals surface area contributed by atoms with E-state index in [-0.39, 0.29) is 24.9 Å². The normalized spacial score (nSPS) is 26.0. The van der Waals surface area contributed by atoms with Crippen LogP contribution in [-0.4, -0.2) is 43.0 Å². The molecule has 1 saturated heterocycles. The van der Waals surface area contributed by atoms with Crippen LogP contribution in [0.1, 0.15) is 23.2 Å². The topological polar surface area (TPSA) is 103 Å². The average molecular weight is 295 g/mol. The molecule has 1 aliphatic heterocycles. The molecule has 0 radical (unpaired) electrons. The standard InChI is InChI=1S/C13H17N3O5/c1-2-19-12(17)10-3-7(21-16-10)6-20-13(18)15-11-8-4-14-5-9(8)11/h3,8-9,11,14H,2,4-6H2,1H3,(H,15,18). The highest BCUT2D eigenvalue weighted by Crippen LogP contribution is 2.41. The zero-order valence-electron chi connectivity index (χ0n) is 11.6.